The Labute approximate surface area is 116 Å². The van der Waals surface area contributed by atoms with Gasteiger partial charge in [0, 0.05) is 25.0 Å². The van der Waals surface area contributed by atoms with Crippen molar-refractivity contribution >= 4 is 5.95 Å². The van der Waals surface area contributed by atoms with E-state index >= 15 is 0 Å². The zero-order valence-electron chi connectivity index (χ0n) is 12.2. The van der Waals surface area contributed by atoms with Gasteiger partial charge in [0.1, 0.15) is 0 Å². The molecule has 0 spiro atoms. The molecule has 1 aromatic heterocycles. The van der Waals surface area contributed by atoms with Crippen molar-refractivity contribution < 1.29 is 0 Å². The number of hydrogen-bond donors (Lipinski definition) is 1. The lowest BCUT2D eigenvalue weighted by Crippen LogP contribution is -2.42. The Morgan fingerprint density at radius 1 is 1.32 bits per heavy atom. The Balaban J connectivity index is 2.03. The number of nitrogens with zero attached hydrogens (tertiary/aromatic N) is 3. The SMILES string of the molecule is CCCc1cnc(N2CCCCC2CCNC)nc1. The summed E-state index contributed by atoms with van der Waals surface area (Å²) >= 11 is 0. The standard InChI is InChI=1S/C15H26N4/c1-3-6-13-11-17-15(18-12-13)19-10-5-4-7-14(19)8-9-16-2/h11-12,14,16H,3-10H2,1-2H3. The summed E-state index contributed by atoms with van der Waals surface area (Å²) in [5.74, 6) is 0.917. The van der Waals surface area contributed by atoms with Crippen LogP contribution in [0.5, 0.6) is 0 Å². The molecule has 19 heavy (non-hydrogen) atoms. The summed E-state index contributed by atoms with van der Waals surface area (Å²) in [5.41, 5.74) is 1.25. The number of aromatic nitrogens is 2. The van der Waals surface area contributed by atoms with Crippen molar-refractivity contribution in [1.29, 1.82) is 0 Å². The zero-order valence-corrected chi connectivity index (χ0v) is 12.2. The van der Waals surface area contributed by atoms with Gasteiger partial charge >= 0.3 is 0 Å². The molecule has 0 aromatic carbocycles. The second kappa shape index (κ2) is 7.43. The Kier molecular flexibility index (Phi) is 5.58. The summed E-state index contributed by atoms with van der Waals surface area (Å²) in [6.07, 6.45) is 11.2. The van der Waals surface area contributed by atoms with Crippen LogP contribution in [0.25, 0.3) is 0 Å². The highest BCUT2D eigenvalue weighted by molar-refractivity contribution is 5.32. The van der Waals surface area contributed by atoms with Gasteiger partial charge in [0.15, 0.2) is 0 Å². The fourth-order valence-corrected chi connectivity index (χ4v) is 2.79. The van der Waals surface area contributed by atoms with Crippen molar-refractivity contribution in [2.24, 2.45) is 0 Å². The van der Waals surface area contributed by atoms with Crippen LogP contribution < -0.4 is 10.2 Å². The Bertz CT molecular complexity index is 363. The number of rotatable bonds is 6. The summed E-state index contributed by atoms with van der Waals surface area (Å²) < 4.78 is 0. The van der Waals surface area contributed by atoms with E-state index in [9.17, 15) is 0 Å². The van der Waals surface area contributed by atoms with Crippen molar-refractivity contribution in [3.63, 3.8) is 0 Å². The minimum Gasteiger partial charge on any atom is -0.338 e. The van der Waals surface area contributed by atoms with E-state index in [0.29, 0.717) is 6.04 Å². The van der Waals surface area contributed by atoms with Crippen molar-refractivity contribution in [1.82, 2.24) is 15.3 Å². The lowest BCUT2D eigenvalue weighted by molar-refractivity contribution is 0.427. The summed E-state index contributed by atoms with van der Waals surface area (Å²) in [4.78, 5) is 11.5. The van der Waals surface area contributed by atoms with Crippen LogP contribution in [-0.4, -0.2) is 36.1 Å². The van der Waals surface area contributed by atoms with Crippen LogP contribution in [-0.2, 0) is 6.42 Å². The third kappa shape index (κ3) is 3.90. The van der Waals surface area contributed by atoms with Gasteiger partial charge in [-0.1, -0.05) is 13.3 Å². The molecule has 1 saturated heterocycles. The van der Waals surface area contributed by atoms with Crippen LogP contribution in [0, 0.1) is 0 Å². The molecule has 1 aliphatic heterocycles. The van der Waals surface area contributed by atoms with Gasteiger partial charge in [0.25, 0.3) is 0 Å². The highest BCUT2D eigenvalue weighted by Crippen LogP contribution is 2.23. The maximum absolute atomic E-state index is 4.57. The number of anilines is 1. The monoisotopic (exact) mass is 262 g/mol. The molecule has 1 atom stereocenters. The molecule has 0 bridgehead atoms. The average Bonchev–Trinajstić information content (AvgIpc) is 2.47. The van der Waals surface area contributed by atoms with Gasteiger partial charge in [-0.15, -0.1) is 0 Å². The molecule has 0 amide bonds. The van der Waals surface area contributed by atoms with Crippen LogP contribution in [0.15, 0.2) is 12.4 Å². The quantitative estimate of drug-likeness (QED) is 0.854. The second-order valence-corrected chi connectivity index (χ2v) is 5.38. The van der Waals surface area contributed by atoms with Crippen LogP contribution in [0.3, 0.4) is 0 Å². The molecule has 1 unspecified atom stereocenters. The molecule has 106 valence electrons. The van der Waals surface area contributed by atoms with Gasteiger partial charge in [-0.3, -0.25) is 0 Å². The van der Waals surface area contributed by atoms with E-state index in [4.69, 9.17) is 0 Å². The molecule has 2 rings (SSSR count). The molecular weight excluding hydrogens is 236 g/mol. The first-order valence-electron chi connectivity index (χ1n) is 7.57. The van der Waals surface area contributed by atoms with E-state index in [1.54, 1.807) is 0 Å². The molecular formula is C15H26N4. The molecule has 1 aromatic rings. The van der Waals surface area contributed by atoms with E-state index in [1.165, 1.54) is 31.2 Å². The summed E-state index contributed by atoms with van der Waals surface area (Å²) in [6.45, 7) is 4.35. The van der Waals surface area contributed by atoms with Gasteiger partial charge in [0.05, 0.1) is 0 Å². The molecule has 2 heterocycles. The van der Waals surface area contributed by atoms with E-state index in [0.717, 1.165) is 31.9 Å². The van der Waals surface area contributed by atoms with Gasteiger partial charge < -0.3 is 10.2 Å². The van der Waals surface area contributed by atoms with E-state index in [1.807, 2.05) is 19.4 Å². The van der Waals surface area contributed by atoms with Gasteiger partial charge in [0.2, 0.25) is 5.95 Å². The van der Waals surface area contributed by atoms with Crippen LogP contribution in [0.2, 0.25) is 0 Å². The zero-order chi connectivity index (χ0) is 13.5. The summed E-state index contributed by atoms with van der Waals surface area (Å²) in [5, 5.41) is 3.25. The third-order valence-electron chi connectivity index (χ3n) is 3.84. The third-order valence-corrected chi connectivity index (χ3v) is 3.84. The summed E-state index contributed by atoms with van der Waals surface area (Å²) in [7, 11) is 2.02. The predicted octanol–water partition coefficient (Wildman–Crippen LogP) is 2.40. The highest BCUT2D eigenvalue weighted by Gasteiger charge is 2.23. The largest absolute Gasteiger partial charge is 0.338 e. The first-order valence-corrected chi connectivity index (χ1v) is 7.57. The molecule has 0 radical (unpaired) electrons. The molecule has 1 fully saturated rings. The smallest absolute Gasteiger partial charge is 0.225 e. The minimum absolute atomic E-state index is 0.596. The topological polar surface area (TPSA) is 41.1 Å². The number of aryl methyl sites for hydroxylation is 1. The maximum Gasteiger partial charge on any atom is 0.225 e. The maximum atomic E-state index is 4.57. The first kappa shape index (κ1) is 14.3. The highest BCUT2D eigenvalue weighted by atomic mass is 15.3. The fraction of sp³-hybridized carbons (Fsp3) is 0.733. The van der Waals surface area contributed by atoms with Gasteiger partial charge in [-0.05, 0) is 51.3 Å². The van der Waals surface area contributed by atoms with Crippen LogP contribution in [0.4, 0.5) is 5.95 Å². The first-order chi connectivity index (χ1) is 9.35. The van der Waals surface area contributed by atoms with E-state index in [2.05, 4.69) is 27.1 Å². The van der Waals surface area contributed by atoms with E-state index < -0.39 is 0 Å². The average molecular weight is 262 g/mol. The van der Waals surface area contributed by atoms with Gasteiger partial charge in [-0.2, -0.15) is 0 Å². The molecule has 1 N–H and O–H groups in total. The minimum atomic E-state index is 0.596. The Morgan fingerprint density at radius 3 is 2.79 bits per heavy atom. The summed E-state index contributed by atoms with van der Waals surface area (Å²) in [6, 6.07) is 0.596. The number of nitrogens with one attached hydrogen (secondary N) is 1. The number of hydrogen-bond acceptors (Lipinski definition) is 4. The van der Waals surface area contributed by atoms with Crippen LogP contribution in [0.1, 0.15) is 44.6 Å². The molecule has 1 aliphatic rings. The lowest BCUT2D eigenvalue weighted by atomic mass is 10.00. The normalized spacial score (nSPS) is 19.7. The van der Waals surface area contributed by atoms with Crippen molar-refractivity contribution in [2.75, 3.05) is 25.0 Å². The molecule has 0 aliphatic carbocycles. The van der Waals surface area contributed by atoms with Crippen LogP contribution >= 0.6 is 0 Å². The Morgan fingerprint density at radius 2 is 2.11 bits per heavy atom. The molecule has 0 saturated carbocycles. The van der Waals surface area contributed by atoms with E-state index in [-0.39, 0.29) is 0 Å². The van der Waals surface area contributed by atoms with Crippen molar-refractivity contribution in [2.45, 2.75) is 51.5 Å². The van der Waals surface area contributed by atoms with Crippen molar-refractivity contribution in [3.05, 3.63) is 18.0 Å². The number of piperidine rings is 1. The lowest BCUT2D eigenvalue weighted by Gasteiger charge is -2.35. The fourth-order valence-electron chi connectivity index (χ4n) is 2.79. The second-order valence-electron chi connectivity index (χ2n) is 5.38. The van der Waals surface area contributed by atoms with Crippen molar-refractivity contribution in [3.8, 4) is 0 Å². The van der Waals surface area contributed by atoms with Gasteiger partial charge in [-0.25, -0.2) is 9.97 Å². The Hall–Kier alpha value is -1.16. The predicted molar refractivity (Wildman–Crippen MR) is 79.6 cm³/mol. The molecule has 4 nitrogen and oxygen atoms in total. The molecule has 4 heteroatoms.